The number of esters is 1. The van der Waals surface area contributed by atoms with Crippen LogP contribution in [0, 0.1) is 11.3 Å². The van der Waals surface area contributed by atoms with Crippen LogP contribution < -0.4 is 15.3 Å². The summed E-state index contributed by atoms with van der Waals surface area (Å²) in [6.07, 6.45) is -1.81. The number of anilines is 1. The van der Waals surface area contributed by atoms with Gasteiger partial charge in [-0.1, -0.05) is 32.9 Å². The number of carbonyl (C=O) groups excluding carboxylic acids is 1. The molecule has 2 aromatic heterocycles. The molecule has 15 nitrogen and oxygen atoms in total. The Morgan fingerprint density at radius 1 is 1.17 bits per heavy atom. The monoisotopic (exact) mass is 686 g/mol. The molecule has 2 aliphatic rings. The van der Waals surface area contributed by atoms with Crippen LogP contribution in [-0.2, 0) is 48.6 Å². The number of benzene rings is 1. The Morgan fingerprint density at radius 2 is 1.88 bits per heavy atom. The SMILES string of the molecule is COC(C)COC(=O)[C@H](C)NP(=O)(OC[C@H]1O[C@@](C#N)(c2ccc3c(N)ncnn23)[C@@H]2OC(C)(C)O[C@@H]21)Oc1ccc(C(C)(C)C)cc1. The van der Waals surface area contributed by atoms with Crippen LogP contribution in [0.1, 0.15) is 59.7 Å². The fourth-order valence-corrected chi connectivity index (χ4v) is 7.07. The first-order valence-electron chi connectivity index (χ1n) is 15.6. The average Bonchev–Trinajstić information content (AvgIpc) is 3.69. The maximum atomic E-state index is 14.4. The van der Waals surface area contributed by atoms with Gasteiger partial charge >= 0.3 is 13.7 Å². The van der Waals surface area contributed by atoms with E-state index in [1.165, 1.54) is 24.9 Å². The van der Waals surface area contributed by atoms with E-state index in [0.717, 1.165) is 5.56 Å². The van der Waals surface area contributed by atoms with E-state index < -0.39 is 49.5 Å². The lowest BCUT2D eigenvalue weighted by Gasteiger charge is -2.29. The van der Waals surface area contributed by atoms with Crippen LogP contribution in [0.2, 0.25) is 0 Å². The third-order valence-electron chi connectivity index (χ3n) is 8.18. The molecule has 0 radical (unpaired) electrons. The van der Waals surface area contributed by atoms with Gasteiger partial charge in [-0.25, -0.2) is 14.1 Å². The van der Waals surface area contributed by atoms with Crippen molar-refractivity contribution in [2.75, 3.05) is 26.1 Å². The normalized spacial score (nSPS) is 25.9. The molecule has 16 heteroatoms. The molecule has 0 spiro atoms. The highest BCUT2D eigenvalue weighted by Gasteiger charge is 2.65. The van der Waals surface area contributed by atoms with Crippen molar-refractivity contribution >= 4 is 25.1 Å². The number of fused-ring (bicyclic) bond motifs is 2. The first-order chi connectivity index (χ1) is 22.5. The van der Waals surface area contributed by atoms with Crippen molar-refractivity contribution in [1.82, 2.24) is 19.7 Å². The predicted molar refractivity (Wildman–Crippen MR) is 173 cm³/mol. The van der Waals surface area contributed by atoms with E-state index >= 15 is 0 Å². The third-order valence-corrected chi connectivity index (χ3v) is 9.83. The number of carbonyl (C=O) groups is 1. The molecule has 0 bridgehead atoms. The summed E-state index contributed by atoms with van der Waals surface area (Å²) < 4.78 is 57.1. The zero-order chi connectivity index (χ0) is 35.1. The molecule has 0 saturated carbocycles. The molecule has 0 aliphatic carbocycles. The number of hydrogen-bond acceptors (Lipinski definition) is 13. The second kappa shape index (κ2) is 13.4. The van der Waals surface area contributed by atoms with E-state index in [-0.39, 0.29) is 36.3 Å². The number of hydrogen-bond donors (Lipinski definition) is 2. The van der Waals surface area contributed by atoms with Crippen LogP contribution >= 0.6 is 7.75 Å². The van der Waals surface area contributed by atoms with Crippen LogP contribution in [0.5, 0.6) is 5.75 Å². The number of nitrogen functional groups attached to an aromatic ring is 1. The summed E-state index contributed by atoms with van der Waals surface area (Å²) in [5.41, 5.74) is 6.05. The average molecular weight is 687 g/mol. The van der Waals surface area contributed by atoms with Gasteiger partial charge in [0.1, 0.15) is 54.6 Å². The molecule has 2 saturated heterocycles. The number of methoxy groups -OCH3 is 1. The molecule has 3 N–H and O–H groups in total. The van der Waals surface area contributed by atoms with E-state index in [4.69, 9.17) is 38.5 Å². The standard InChI is InChI=1S/C32H43N6O9P/c1-19(41-8)15-42-29(39)20(2)37-48(40,47-22-11-9-21(10-12-22)30(3,4)5)43-16-24-26-27(46-31(6,7)45-26)32(17-33,44-24)25-14-13-23-28(34)35-18-36-38(23)25/h9-14,18-20,24,26-27H,15-16H2,1-8H3,(H,37,40)(H2,34,35,36)/t19?,20-,24+,26+,27+,32-,48?/m0/s1. The number of nitrogens with two attached hydrogens (primary N) is 1. The van der Waals surface area contributed by atoms with Crippen molar-refractivity contribution in [3.63, 3.8) is 0 Å². The lowest BCUT2D eigenvalue weighted by atomic mass is 9.87. The van der Waals surface area contributed by atoms with E-state index in [1.807, 2.05) is 12.1 Å². The highest BCUT2D eigenvalue weighted by Crippen LogP contribution is 2.51. The molecule has 0 amide bonds. The molecule has 4 heterocycles. The lowest BCUT2D eigenvalue weighted by molar-refractivity contribution is -0.204. The summed E-state index contributed by atoms with van der Waals surface area (Å²) in [6.45, 7) is 12.5. The van der Waals surface area contributed by atoms with Gasteiger partial charge in [-0.3, -0.25) is 9.32 Å². The highest BCUT2D eigenvalue weighted by atomic mass is 31.2. The van der Waals surface area contributed by atoms with Gasteiger partial charge in [0.05, 0.1) is 18.4 Å². The smallest absolute Gasteiger partial charge is 0.459 e. The molecule has 7 atom stereocenters. The molecule has 260 valence electrons. The van der Waals surface area contributed by atoms with E-state index in [2.05, 4.69) is 42.0 Å². The molecule has 1 aromatic carbocycles. The van der Waals surface area contributed by atoms with Gasteiger partial charge in [-0.15, -0.1) is 0 Å². The van der Waals surface area contributed by atoms with Crippen molar-refractivity contribution in [3.8, 4) is 11.8 Å². The van der Waals surface area contributed by atoms with Gasteiger partial charge in [0.15, 0.2) is 11.6 Å². The van der Waals surface area contributed by atoms with Gasteiger partial charge in [-0.2, -0.15) is 15.4 Å². The minimum Gasteiger partial charge on any atom is -0.462 e. The van der Waals surface area contributed by atoms with Crippen molar-refractivity contribution in [2.45, 2.75) is 95.7 Å². The van der Waals surface area contributed by atoms with Crippen molar-refractivity contribution in [1.29, 1.82) is 5.26 Å². The number of rotatable bonds is 12. The van der Waals surface area contributed by atoms with Crippen LogP contribution in [0.4, 0.5) is 5.82 Å². The number of ether oxygens (including phenoxy) is 5. The van der Waals surface area contributed by atoms with Crippen LogP contribution in [0.15, 0.2) is 42.7 Å². The van der Waals surface area contributed by atoms with E-state index in [0.29, 0.717) is 11.2 Å². The molecule has 48 heavy (non-hydrogen) atoms. The Morgan fingerprint density at radius 3 is 2.52 bits per heavy atom. The molecule has 3 aromatic rings. The van der Waals surface area contributed by atoms with Crippen molar-refractivity contribution in [2.24, 2.45) is 0 Å². The molecule has 2 unspecified atom stereocenters. The number of aromatic nitrogens is 3. The molecular weight excluding hydrogens is 643 g/mol. The zero-order valence-electron chi connectivity index (χ0n) is 28.3. The maximum Gasteiger partial charge on any atom is 0.459 e. The second-order valence-corrected chi connectivity index (χ2v) is 15.1. The number of nitriles is 1. The van der Waals surface area contributed by atoms with E-state index in [1.54, 1.807) is 45.0 Å². The quantitative estimate of drug-likeness (QED) is 0.205. The van der Waals surface area contributed by atoms with Crippen molar-refractivity contribution < 1.29 is 42.1 Å². The molecule has 5 rings (SSSR count). The summed E-state index contributed by atoms with van der Waals surface area (Å²) in [7, 11) is -2.82. The third kappa shape index (κ3) is 7.21. The fraction of sp³-hybridized carbons (Fsp3) is 0.562. The summed E-state index contributed by atoms with van der Waals surface area (Å²) in [4.78, 5) is 16.8. The second-order valence-electron chi connectivity index (χ2n) is 13.4. The summed E-state index contributed by atoms with van der Waals surface area (Å²) >= 11 is 0. The Labute approximate surface area is 279 Å². The summed E-state index contributed by atoms with van der Waals surface area (Å²) in [5.74, 6) is -1.33. The van der Waals surface area contributed by atoms with Gasteiger partial charge in [-0.05, 0) is 62.9 Å². The topological polar surface area (TPSA) is 191 Å². The largest absolute Gasteiger partial charge is 0.462 e. The minimum atomic E-state index is -4.32. The Kier molecular flexibility index (Phi) is 9.93. The van der Waals surface area contributed by atoms with Crippen LogP contribution in [0.3, 0.4) is 0 Å². The lowest BCUT2D eigenvalue weighted by Crippen LogP contribution is -2.40. The summed E-state index contributed by atoms with van der Waals surface area (Å²) in [6, 6.07) is 11.6. The zero-order valence-corrected chi connectivity index (χ0v) is 29.2. The van der Waals surface area contributed by atoms with Gasteiger partial charge in [0.25, 0.3) is 0 Å². The van der Waals surface area contributed by atoms with E-state index in [9.17, 15) is 14.6 Å². The number of nitrogens with zero attached hydrogens (tertiary/aromatic N) is 4. The van der Waals surface area contributed by atoms with Gasteiger partial charge in [0.2, 0.25) is 5.60 Å². The Balaban J connectivity index is 1.43. The van der Waals surface area contributed by atoms with Gasteiger partial charge < -0.3 is 33.9 Å². The fourth-order valence-electron chi connectivity index (χ4n) is 5.56. The highest BCUT2D eigenvalue weighted by molar-refractivity contribution is 7.52. The Bertz CT molecular complexity index is 1720. The van der Waals surface area contributed by atoms with Gasteiger partial charge in [0, 0.05) is 7.11 Å². The maximum absolute atomic E-state index is 14.4. The molecule has 2 aliphatic heterocycles. The van der Waals surface area contributed by atoms with Crippen LogP contribution in [0.25, 0.3) is 5.52 Å². The minimum absolute atomic E-state index is 0.00499. The molecule has 2 fully saturated rings. The first kappa shape index (κ1) is 35.7. The molecular formula is C32H43N6O9P. The Hall–Kier alpha value is -3.61. The number of nitrogens with one attached hydrogen (secondary N) is 1. The van der Waals surface area contributed by atoms with Crippen molar-refractivity contribution in [3.05, 3.63) is 54.0 Å². The predicted octanol–water partition coefficient (Wildman–Crippen LogP) is 4.01. The summed E-state index contributed by atoms with van der Waals surface area (Å²) in [5, 5.41) is 17.6. The first-order valence-corrected chi connectivity index (χ1v) is 17.1. The van der Waals surface area contributed by atoms with Crippen LogP contribution in [-0.4, -0.2) is 77.1 Å².